The molecule has 0 aromatic heterocycles. The van der Waals surface area contributed by atoms with Gasteiger partial charge in [0, 0.05) is 36.0 Å². The van der Waals surface area contributed by atoms with E-state index in [4.69, 9.17) is 15.2 Å². The molecule has 3 aromatic rings. The maximum absolute atomic E-state index is 14.3. The minimum Gasteiger partial charge on any atom is -0.484 e. The summed E-state index contributed by atoms with van der Waals surface area (Å²) < 4.78 is 52.7. The molecule has 0 amide bonds. The quantitative estimate of drug-likeness (QED) is 0.642. The Morgan fingerprint density at radius 3 is 2.47 bits per heavy atom. The number of anilines is 1. The third kappa shape index (κ3) is 3.28. The molecular formula is C23H21F3N2O2. The van der Waals surface area contributed by atoms with Gasteiger partial charge in [-0.3, -0.25) is 0 Å². The molecule has 0 bridgehead atoms. The highest BCUT2D eigenvalue weighted by atomic mass is 19.2. The third-order valence-electron chi connectivity index (χ3n) is 5.88. The van der Waals surface area contributed by atoms with Gasteiger partial charge in [-0.25, -0.2) is 13.2 Å². The van der Waals surface area contributed by atoms with E-state index in [1.807, 2.05) is 18.2 Å². The summed E-state index contributed by atoms with van der Waals surface area (Å²) in [5, 5.41) is 2.08. The molecule has 5 rings (SSSR count). The molecule has 0 spiro atoms. The number of ether oxygens (including phenoxy) is 2. The summed E-state index contributed by atoms with van der Waals surface area (Å²) in [6.07, 6.45) is -0.454. The molecule has 0 radical (unpaired) electrons. The number of benzene rings is 3. The van der Waals surface area contributed by atoms with Crippen LogP contribution in [0.5, 0.6) is 5.75 Å². The Kier molecular flexibility index (Phi) is 4.79. The molecule has 2 atom stereocenters. The maximum Gasteiger partial charge on any atom is 0.161 e. The van der Waals surface area contributed by atoms with Crippen molar-refractivity contribution in [2.24, 2.45) is 5.73 Å². The molecule has 0 saturated carbocycles. The van der Waals surface area contributed by atoms with Crippen LogP contribution in [0.3, 0.4) is 0 Å². The van der Waals surface area contributed by atoms with Crippen LogP contribution in [0, 0.1) is 17.5 Å². The lowest BCUT2D eigenvalue weighted by Crippen LogP contribution is -2.38. The van der Waals surface area contributed by atoms with Gasteiger partial charge in [0.15, 0.2) is 11.6 Å². The SMILES string of the molecule is NC1Cc2c(ccc3cc(N4CCOCC4)ccc23)OC1c1cc(F)c(F)cc1F. The monoisotopic (exact) mass is 414 g/mol. The number of rotatable bonds is 2. The lowest BCUT2D eigenvalue weighted by molar-refractivity contribution is 0.122. The van der Waals surface area contributed by atoms with E-state index >= 15 is 0 Å². The van der Waals surface area contributed by atoms with E-state index in [2.05, 4.69) is 17.0 Å². The van der Waals surface area contributed by atoms with E-state index in [-0.39, 0.29) is 5.56 Å². The van der Waals surface area contributed by atoms with Gasteiger partial charge in [-0.1, -0.05) is 12.1 Å². The van der Waals surface area contributed by atoms with E-state index in [0.717, 1.165) is 41.2 Å². The predicted molar refractivity (Wildman–Crippen MR) is 108 cm³/mol. The number of nitrogens with two attached hydrogens (primary N) is 1. The molecule has 3 aromatic carbocycles. The number of hydrogen-bond acceptors (Lipinski definition) is 4. The van der Waals surface area contributed by atoms with E-state index in [1.54, 1.807) is 0 Å². The Morgan fingerprint density at radius 1 is 0.900 bits per heavy atom. The van der Waals surface area contributed by atoms with Crippen molar-refractivity contribution in [3.05, 3.63) is 71.0 Å². The van der Waals surface area contributed by atoms with Gasteiger partial charge in [-0.2, -0.15) is 0 Å². The van der Waals surface area contributed by atoms with Crippen molar-refractivity contribution in [3.63, 3.8) is 0 Å². The van der Waals surface area contributed by atoms with Crippen LogP contribution in [0.15, 0.2) is 42.5 Å². The standard InChI is InChI=1S/C23H21F3N2O2/c24-18-12-20(26)19(25)10-17(18)23-21(27)11-16-15-3-2-14(28-5-7-29-8-6-28)9-13(15)1-4-22(16)30-23/h1-4,9-10,12,21,23H,5-8,11,27H2. The average Bonchev–Trinajstić information content (AvgIpc) is 2.76. The van der Waals surface area contributed by atoms with Gasteiger partial charge in [0.2, 0.25) is 0 Å². The molecule has 2 aliphatic heterocycles. The van der Waals surface area contributed by atoms with Gasteiger partial charge in [0.1, 0.15) is 17.7 Å². The number of hydrogen-bond donors (Lipinski definition) is 1. The lowest BCUT2D eigenvalue weighted by atomic mass is 9.90. The first-order chi connectivity index (χ1) is 14.5. The first-order valence-corrected chi connectivity index (χ1v) is 9.96. The molecular weight excluding hydrogens is 393 g/mol. The van der Waals surface area contributed by atoms with Gasteiger partial charge in [0.05, 0.1) is 19.3 Å². The summed E-state index contributed by atoms with van der Waals surface area (Å²) in [4.78, 5) is 2.28. The van der Waals surface area contributed by atoms with Crippen molar-refractivity contribution in [1.29, 1.82) is 0 Å². The number of halogens is 3. The summed E-state index contributed by atoms with van der Waals surface area (Å²) in [5.41, 5.74) is 8.29. The van der Waals surface area contributed by atoms with Crippen molar-refractivity contribution in [1.82, 2.24) is 0 Å². The molecule has 2 N–H and O–H groups in total. The highest BCUT2D eigenvalue weighted by molar-refractivity contribution is 5.90. The number of morpholine rings is 1. The zero-order valence-electron chi connectivity index (χ0n) is 16.2. The molecule has 2 aliphatic rings. The highest BCUT2D eigenvalue weighted by Crippen LogP contribution is 2.40. The lowest BCUT2D eigenvalue weighted by Gasteiger charge is -2.33. The van der Waals surface area contributed by atoms with Crippen molar-refractivity contribution in [2.75, 3.05) is 31.2 Å². The van der Waals surface area contributed by atoms with Crippen LogP contribution in [-0.2, 0) is 11.2 Å². The number of nitrogens with zero attached hydrogens (tertiary/aromatic N) is 1. The minimum atomic E-state index is -1.23. The maximum atomic E-state index is 14.3. The van der Waals surface area contributed by atoms with E-state index < -0.39 is 29.6 Å². The van der Waals surface area contributed by atoms with Crippen molar-refractivity contribution < 1.29 is 22.6 Å². The first-order valence-electron chi connectivity index (χ1n) is 9.96. The van der Waals surface area contributed by atoms with Crippen LogP contribution < -0.4 is 15.4 Å². The molecule has 0 aliphatic carbocycles. The molecule has 2 heterocycles. The fraction of sp³-hybridized carbons (Fsp3) is 0.304. The summed E-state index contributed by atoms with van der Waals surface area (Å²) in [6, 6.07) is 10.8. The summed E-state index contributed by atoms with van der Waals surface area (Å²) in [5.74, 6) is -2.64. The van der Waals surface area contributed by atoms with Crippen LogP contribution in [0.2, 0.25) is 0 Å². The Hall–Kier alpha value is -2.77. The zero-order chi connectivity index (χ0) is 20.8. The van der Waals surface area contributed by atoms with Crippen molar-refractivity contribution in [3.8, 4) is 5.75 Å². The fourth-order valence-corrected chi connectivity index (χ4v) is 4.32. The zero-order valence-corrected chi connectivity index (χ0v) is 16.2. The predicted octanol–water partition coefficient (Wildman–Crippen LogP) is 4.10. The van der Waals surface area contributed by atoms with Crippen LogP contribution in [0.25, 0.3) is 10.8 Å². The summed E-state index contributed by atoms with van der Waals surface area (Å²) in [7, 11) is 0. The topological polar surface area (TPSA) is 47.7 Å². The third-order valence-corrected chi connectivity index (χ3v) is 5.88. The Bertz CT molecular complexity index is 1120. The second-order valence-corrected chi connectivity index (χ2v) is 7.74. The Labute approximate surface area is 172 Å². The average molecular weight is 414 g/mol. The largest absolute Gasteiger partial charge is 0.484 e. The second kappa shape index (κ2) is 7.49. The normalized spacial score (nSPS) is 21.4. The van der Waals surface area contributed by atoms with Gasteiger partial charge in [-0.15, -0.1) is 0 Å². The van der Waals surface area contributed by atoms with Crippen molar-refractivity contribution in [2.45, 2.75) is 18.6 Å². The molecule has 156 valence electrons. The van der Waals surface area contributed by atoms with Gasteiger partial charge >= 0.3 is 0 Å². The summed E-state index contributed by atoms with van der Waals surface area (Å²) in [6.45, 7) is 3.14. The van der Waals surface area contributed by atoms with Gasteiger partial charge in [-0.05, 0) is 41.5 Å². The molecule has 1 saturated heterocycles. The highest BCUT2D eigenvalue weighted by Gasteiger charge is 2.32. The van der Waals surface area contributed by atoms with Gasteiger partial charge in [0.25, 0.3) is 0 Å². The Morgan fingerprint density at radius 2 is 1.67 bits per heavy atom. The van der Waals surface area contributed by atoms with E-state index in [0.29, 0.717) is 31.5 Å². The van der Waals surface area contributed by atoms with E-state index in [9.17, 15) is 13.2 Å². The molecule has 2 unspecified atom stereocenters. The van der Waals surface area contributed by atoms with Crippen LogP contribution in [0.4, 0.5) is 18.9 Å². The number of fused-ring (bicyclic) bond motifs is 3. The van der Waals surface area contributed by atoms with E-state index in [1.165, 1.54) is 0 Å². The minimum absolute atomic E-state index is 0.0742. The van der Waals surface area contributed by atoms with Crippen molar-refractivity contribution >= 4 is 16.5 Å². The summed E-state index contributed by atoms with van der Waals surface area (Å²) >= 11 is 0. The molecule has 1 fully saturated rings. The van der Waals surface area contributed by atoms with Crippen LogP contribution in [-0.4, -0.2) is 32.3 Å². The molecule has 30 heavy (non-hydrogen) atoms. The Balaban J connectivity index is 1.50. The first kappa shape index (κ1) is 19.2. The fourth-order valence-electron chi connectivity index (χ4n) is 4.32. The van der Waals surface area contributed by atoms with Gasteiger partial charge < -0.3 is 20.1 Å². The van der Waals surface area contributed by atoms with Crippen LogP contribution in [0.1, 0.15) is 17.2 Å². The second-order valence-electron chi connectivity index (χ2n) is 7.74. The smallest absolute Gasteiger partial charge is 0.161 e. The molecule has 4 nitrogen and oxygen atoms in total. The molecule has 7 heteroatoms. The van der Waals surface area contributed by atoms with Crippen LogP contribution >= 0.6 is 0 Å².